The van der Waals surface area contributed by atoms with Crippen LogP contribution in [0, 0.1) is 47.1 Å². The van der Waals surface area contributed by atoms with Crippen LogP contribution in [0.5, 0.6) is 11.5 Å². The number of aromatic nitrogens is 2. The van der Waals surface area contributed by atoms with Crippen LogP contribution in [0.4, 0.5) is 35.1 Å². The normalized spacial score (nSPS) is 29.9. The molecule has 0 bridgehead atoms. The zero-order valence-electron chi connectivity index (χ0n) is 34.8. The first-order valence-corrected chi connectivity index (χ1v) is 22.1. The minimum Gasteiger partial charge on any atom is -0.484 e. The van der Waals surface area contributed by atoms with Gasteiger partial charge in [0, 0.05) is 47.9 Å². The Hall–Kier alpha value is -5.00. The van der Waals surface area contributed by atoms with E-state index in [1.807, 2.05) is 0 Å². The molecule has 25 heteroatoms. The predicted octanol–water partition coefficient (Wildman–Crippen LogP) is 6.79. The van der Waals surface area contributed by atoms with Crippen LogP contribution in [0.3, 0.4) is 0 Å². The predicted molar refractivity (Wildman–Crippen MR) is 213 cm³/mol. The van der Waals surface area contributed by atoms with E-state index in [9.17, 15) is 54.3 Å². The minimum absolute atomic E-state index is 0.00334. The molecule has 6 saturated carbocycles. The van der Waals surface area contributed by atoms with Gasteiger partial charge in [-0.3, -0.25) is 39.5 Å². The Morgan fingerprint density at radius 2 is 1.07 bits per heavy atom. The smallest absolute Gasteiger partial charge is 0.484 e. The lowest BCUT2D eigenvalue weighted by Crippen LogP contribution is -2.50. The van der Waals surface area contributed by atoms with Gasteiger partial charge in [0.2, 0.25) is 23.6 Å². The highest BCUT2D eigenvalue weighted by Gasteiger charge is 2.61. The Morgan fingerprint density at radius 3 is 1.55 bits per heavy atom. The summed E-state index contributed by atoms with van der Waals surface area (Å²) < 4.78 is 124. The lowest BCUT2D eigenvalue weighted by molar-refractivity contribution is -0.353. The summed E-state index contributed by atoms with van der Waals surface area (Å²) >= 11 is 11.2. The SMILES string of the molecule is O=C(COc1ccc(Cl)c(F)c1)NC1C[C@@H]2C(C(=O)NNC(=O)C3CC(OC(F)(F)F)C3)[C@@H]2C1.O=C(COc1ccc(Cl)c(F)c1)NC1C[C@@H]2C(c3nnc(C4CC(OC(F)(F)F)C4)o3)[C@@H]2C1. The van der Waals surface area contributed by atoms with Crippen LogP contribution in [-0.4, -0.2) is 84.1 Å². The van der Waals surface area contributed by atoms with E-state index in [2.05, 4.69) is 41.2 Å². The second kappa shape index (κ2) is 19.5. The zero-order chi connectivity index (χ0) is 47.9. The molecule has 6 aliphatic rings. The third kappa shape index (κ3) is 12.4. The van der Waals surface area contributed by atoms with Crippen molar-refractivity contribution in [1.29, 1.82) is 0 Å². The van der Waals surface area contributed by atoms with Crippen molar-refractivity contribution in [2.75, 3.05) is 13.2 Å². The molecule has 0 saturated heterocycles. The number of nitrogens with zero attached hydrogens (tertiary/aromatic N) is 2. The van der Waals surface area contributed by atoms with Crippen molar-refractivity contribution in [2.24, 2.45) is 35.5 Å². The zero-order valence-corrected chi connectivity index (χ0v) is 36.3. The van der Waals surface area contributed by atoms with Crippen LogP contribution >= 0.6 is 23.2 Å². The number of alkyl halides is 6. The molecule has 1 heterocycles. The van der Waals surface area contributed by atoms with E-state index in [0.717, 1.165) is 25.0 Å². The average molecular weight is 998 g/mol. The van der Waals surface area contributed by atoms with Gasteiger partial charge in [-0.15, -0.1) is 36.5 Å². The summed E-state index contributed by atoms with van der Waals surface area (Å²) in [7, 11) is 0. The lowest BCUT2D eigenvalue weighted by Gasteiger charge is -2.34. The van der Waals surface area contributed by atoms with Gasteiger partial charge in [0.15, 0.2) is 13.2 Å². The van der Waals surface area contributed by atoms with Crippen LogP contribution in [0.1, 0.15) is 75.0 Å². The molecule has 4 unspecified atom stereocenters. The molecule has 9 rings (SSSR count). The second-order valence-electron chi connectivity index (χ2n) is 17.6. The molecule has 0 radical (unpaired) electrons. The van der Waals surface area contributed by atoms with E-state index in [1.54, 1.807) is 0 Å². The van der Waals surface area contributed by atoms with Crippen molar-refractivity contribution < 1.29 is 77.7 Å². The van der Waals surface area contributed by atoms with Crippen LogP contribution < -0.4 is 31.0 Å². The molecule has 0 aliphatic heterocycles. The molecule has 6 fully saturated rings. The first kappa shape index (κ1) is 48.5. The van der Waals surface area contributed by atoms with E-state index in [1.165, 1.54) is 24.3 Å². The van der Waals surface area contributed by atoms with Crippen LogP contribution in [-0.2, 0) is 28.7 Å². The minimum atomic E-state index is -4.73. The number of carbonyl (C=O) groups excluding carboxylic acids is 4. The molecule has 6 aliphatic carbocycles. The fourth-order valence-corrected chi connectivity index (χ4v) is 9.85. The van der Waals surface area contributed by atoms with Gasteiger partial charge >= 0.3 is 12.7 Å². The second-order valence-corrected chi connectivity index (χ2v) is 18.4. The molecule has 67 heavy (non-hydrogen) atoms. The molecular weight excluding hydrogens is 955 g/mol. The molecule has 3 aromatic rings. The van der Waals surface area contributed by atoms with E-state index in [0.29, 0.717) is 36.5 Å². The summed E-state index contributed by atoms with van der Waals surface area (Å²) in [6.07, 6.45) is -8.27. The monoisotopic (exact) mass is 996 g/mol. The maximum atomic E-state index is 13.4. The van der Waals surface area contributed by atoms with Crippen molar-refractivity contribution in [3.8, 4) is 11.5 Å². The largest absolute Gasteiger partial charge is 0.522 e. The first-order chi connectivity index (χ1) is 31.7. The van der Waals surface area contributed by atoms with Gasteiger partial charge in [-0.05, 0) is 99.3 Å². The molecule has 4 amide bonds. The summed E-state index contributed by atoms with van der Waals surface area (Å²) in [6.45, 7) is -0.525. The molecular formula is C42H42Cl2F8N6O9. The van der Waals surface area contributed by atoms with Gasteiger partial charge in [0.1, 0.15) is 23.1 Å². The number of carbonyl (C=O) groups is 4. The maximum Gasteiger partial charge on any atom is 0.522 e. The fourth-order valence-electron chi connectivity index (χ4n) is 9.61. The lowest BCUT2D eigenvalue weighted by atomic mass is 9.82. The molecule has 2 aromatic carbocycles. The highest BCUT2D eigenvalue weighted by molar-refractivity contribution is 6.31. The van der Waals surface area contributed by atoms with Gasteiger partial charge in [0.25, 0.3) is 11.8 Å². The van der Waals surface area contributed by atoms with Crippen molar-refractivity contribution >= 4 is 46.8 Å². The molecule has 15 nitrogen and oxygen atoms in total. The Balaban J connectivity index is 0.000000182. The van der Waals surface area contributed by atoms with Gasteiger partial charge in [-0.25, -0.2) is 8.78 Å². The summed E-state index contributed by atoms with van der Waals surface area (Å²) in [4.78, 5) is 48.5. The van der Waals surface area contributed by atoms with Crippen molar-refractivity contribution in [3.63, 3.8) is 0 Å². The van der Waals surface area contributed by atoms with Crippen LogP contribution in [0.2, 0.25) is 10.0 Å². The number of ether oxygens (including phenoxy) is 4. The van der Waals surface area contributed by atoms with Gasteiger partial charge in [0.05, 0.1) is 22.3 Å². The van der Waals surface area contributed by atoms with Gasteiger partial charge in [-0.2, -0.15) is 0 Å². The summed E-state index contributed by atoms with van der Waals surface area (Å²) in [5, 5.41) is 13.8. The Labute approximate surface area is 385 Å². The van der Waals surface area contributed by atoms with Gasteiger partial charge < -0.3 is 24.5 Å². The van der Waals surface area contributed by atoms with E-state index < -0.39 is 48.4 Å². The van der Waals surface area contributed by atoms with Gasteiger partial charge in [-0.1, -0.05) is 23.2 Å². The van der Waals surface area contributed by atoms with Crippen LogP contribution in [0.25, 0.3) is 0 Å². The van der Waals surface area contributed by atoms with Crippen molar-refractivity contribution in [1.82, 2.24) is 31.7 Å². The van der Waals surface area contributed by atoms with E-state index >= 15 is 0 Å². The molecule has 0 spiro atoms. The Bertz CT molecular complexity index is 2310. The van der Waals surface area contributed by atoms with Crippen molar-refractivity contribution in [2.45, 2.75) is 100 Å². The fraction of sp³-hybridized carbons (Fsp3) is 0.571. The Kier molecular flexibility index (Phi) is 14.1. The molecule has 8 atom stereocenters. The topological polar surface area (TPSA) is 192 Å². The standard InChI is InChI=1S/C21H22ClF4N3O5.C21H20ClF4N3O4/c22-15-2-1-11(7-16(15)23)33-8-17(30)27-10-5-13-14(6-10)18(13)20(32)29-28-19(31)9-3-12(4-9)34-21(24,25)26;22-15-2-1-11(7-16(15)23)31-8-17(30)27-10-5-13-14(6-10)18(13)20-29-28-19(32-20)9-3-12(4-9)33-21(24,25)26/h1-2,7,9-10,12-14,18H,3-6,8H2,(H,27,30)(H,28,31)(H,29,32);1-2,7,9-10,12-14,18H,3-6,8H2,(H,27,30)/t2*9?,10?,12?,13-,14+,18?. The highest BCUT2D eigenvalue weighted by atomic mass is 35.5. The van der Waals surface area contributed by atoms with E-state index in [4.69, 9.17) is 37.1 Å². The average Bonchev–Trinajstić information content (AvgIpc) is 3.75. The first-order valence-electron chi connectivity index (χ1n) is 21.3. The number of amides is 4. The number of hydrogen-bond acceptors (Lipinski definition) is 11. The summed E-state index contributed by atoms with van der Waals surface area (Å²) in [5.41, 5.74) is 4.60. The number of hydrogen-bond donors (Lipinski definition) is 4. The maximum absolute atomic E-state index is 13.4. The summed E-state index contributed by atoms with van der Waals surface area (Å²) in [5.74, 6) is -1.82. The summed E-state index contributed by atoms with van der Waals surface area (Å²) in [6, 6.07) is 7.71. The van der Waals surface area contributed by atoms with Crippen molar-refractivity contribution in [3.05, 3.63) is 69.9 Å². The van der Waals surface area contributed by atoms with Crippen LogP contribution in [0.15, 0.2) is 40.8 Å². The molecule has 1 aromatic heterocycles. The number of halogens is 10. The quantitative estimate of drug-likeness (QED) is 0.0982. The Morgan fingerprint density at radius 1 is 0.627 bits per heavy atom. The van der Waals surface area contributed by atoms with E-state index in [-0.39, 0.29) is 120 Å². The number of benzene rings is 2. The third-order valence-corrected chi connectivity index (χ3v) is 13.6. The highest BCUT2D eigenvalue weighted by Crippen LogP contribution is 2.63. The molecule has 364 valence electrons. The number of nitrogens with one attached hydrogen (secondary N) is 4. The molecule has 4 N–H and O–H groups in total. The number of hydrazine groups is 1. The number of rotatable bonds is 14. The third-order valence-electron chi connectivity index (χ3n) is 13.0. The number of fused-ring (bicyclic) bond motifs is 2.